The summed E-state index contributed by atoms with van der Waals surface area (Å²) in [6, 6.07) is 11.0. The second kappa shape index (κ2) is 12.7. The summed E-state index contributed by atoms with van der Waals surface area (Å²) < 4.78 is 6.36. The molecule has 1 aliphatic carbocycles. The quantitative estimate of drug-likeness (QED) is 0.228. The van der Waals surface area contributed by atoms with Crippen LogP contribution in [0.15, 0.2) is 40.2 Å². The van der Waals surface area contributed by atoms with Gasteiger partial charge in [-0.2, -0.15) is 0 Å². The summed E-state index contributed by atoms with van der Waals surface area (Å²) in [5, 5.41) is 3.32. The van der Waals surface area contributed by atoms with Gasteiger partial charge >= 0.3 is 5.97 Å². The number of fused-ring (bicyclic) bond motifs is 1. The van der Waals surface area contributed by atoms with E-state index in [1.54, 1.807) is 11.3 Å². The number of benzene rings is 1. The SMILES string of the molecule is CCOC(=O)CC(Cc1csc(CCCc2ccc3c(n2)CCCC3)n1)c1cc(C(C)(C)C)ccc1Br. The smallest absolute Gasteiger partial charge is 0.306 e. The molecule has 2 aromatic heterocycles. The molecule has 0 saturated carbocycles. The van der Waals surface area contributed by atoms with Crippen molar-refractivity contribution < 1.29 is 9.53 Å². The lowest BCUT2D eigenvalue weighted by molar-refractivity contribution is -0.143. The summed E-state index contributed by atoms with van der Waals surface area (Å²) in [5.41, 5.74) is 7.45. The predicted molar refractivity (Wildman–Crippen MR) is 156 cm³/mol. The molecule has 6 heteroatoms. The fourth-order valence-electron chi connectivity index (χ4n) is 5.03. The molecule has 1 aromatic carbocycles. The van der Waals surface area contributed by atoms with E-state index in [0.717, 1.165) is 46.4 Å². The van der Waals surface area contributed by atoms with E-state index in [2.05, 4.69) is 72.4 Å². The summed E-state index contributed by atoms with van der Waals surface area (Å²) in [6.45, 7) is 8.90. The first-order valence-electron chi connectivity index (χ1n) is 13.6. The zero-order valence-corrected chi connectivity index (χ0v) is 25.0. The summed E-state index contributed by atoms with van der Waals surface area (Å²) >= 11 is 5.47. The Morgan fingerprint density at radius 1 is 1.08 bits per heavy atom. The van der Waals surface area contributed by atoms with E-state index in [1.165, 1.54) is 41.8 Å². The van der Waals surface area contributed by atoms with Crippen molar-refractivity contribution in [2.24, 2.45) is 0 Å². The largest absolute Gasteiger partial charge is 0.466 e. The number of halogens is 1. The van der Waals surface area contributed by atoms with Crippen LogP contribution in [0.3, 0.4) is 0 Å². The van der Waals surface area contributed by atoms with Gasteiger partial charge in [0.2, 0.25) is 0 Å². The Morgan fingerprint density at radius 2 is 1.89 bits per heavy atom. The molecule has 0 spiro atoms. The van der Waals surface area contributed by atoms with Gasteiger partial charge in [0.15, 0.2) is 0 Å². The molecule has 0 N–H and O–H groups in total. The maximum Gasteiger partial charge on any atom is 0.306 e. The fourth-order valence-corrected chi connectivity index (χ4v) is 6.46. The van der Waals surface area contributed by atoms with E-state index >= 15 is 0 Å². The zero-order chi connectivity index (χ0) is 26.4. The van der Waals surface area contributed by atoms with Crippen LogP contribution < -0.4 is 0 Å². The van der Waals surface area contributed by atoms with Gasteiger partial charge in [0.05, 0.1) is 23.7 Å². The number of pyridine rings is 1. The average Bonchev–Trinajstić information content (AvgIpc) is 3.30. The molecule has 0 radical (unpaired) electrons. The summed E-state index contributed by atoms with van der Waals surface area (Å²) in [4.78, 5) is 22.4. The Labute approximate surface area is 234 Å². The number of carbonyl (C=O) groups is 1. The number of nitrogens with zero attached hydrogens (tertiary/aromatic N) is 2. The number of ether oxygens (including phenoxy) is 1. The highest BCUT2D eigenvalue weighted by atomic mass is 79.9. The molecule has 0 saturated heterocycles. The number of esters is 1. The Balaban J connectivity index is 1.43. The maximum absolute atomic E-state index is 12.5. The van der Waals surface area contributed by atoms with Gasteiger partial charge in [0, 0.05) is 27.2 Å². The van der Waals surface area contributed by atoms with Crippen LogP contribution in [0.5, 0.6) is 0 Å². The Morgan fingerprint density at radius 3 is 2.68 bits per heavy atom. The Bertz CT molecular complexity index is 1210. The molecule has 4 rings (SSSR count). The first kappa shape index (κ1) is 28.0. The number of hydrogen-bond acceptors (Lipinski definition) is 5. The van der Waals surface area contributed by atoms with Gasteiger partial charge in [0.1, 0.15) is 0 Å². The molecule has 0 aliphatic heterocycles. The molecular formula is C31H39BrN2O2S. The minimum absolute atomic E-state index is 0.00497. The molecule has 0 bridgehead atoms. The maximum atomic E-state index is 12.5. The Hall–Kier alpha value is -2.05. The molecule has 4 nitrogen and oxygen atoms in total. The second-order valence-electron chi connectivity index (χ2n) is 11.1. The first-order valence-corrected chi connectivity index (χ1v) is 15.3. The molecular weight excluding hydrogens is 544 g/mol. The van der Waals surface area contributed by atoms with Crippen LogP contribution in [0.4, 0.5) is 0 Å². The van der Waals surface area contributed by atoms with Gasteiger partial charge in [0.25, 0.3) is 0 Å². The zero-order valence-electron chi connectivity index (χ0n) is 22.6. The van der Waals surface area contributed by atoms with Crippen LogP contribution >= 0.6 is 27.3 Å². The monoisotopic (exact) mass is 582 g/mol. The molecule has 0 amide bonds. The van der Waals surface area contributed by atoms with E-state index in [9.17, 15) is 4.79 Å². The van der Waals surface area contributed by atoms with Crippen molar-refractivity contribution >= 4 is 33.2 Å². The summed E-state index contributed by atoms with van der Waals surface area (Å²) in [6.07, 6.45) is 8.91. The number of hydrogen-bond donors (Lipinski definition) is 0. The van der Waals surface area contributed by atoms with Gasteiger partial charge < -0.3 is 4.74 Å². The summed E-state index contributed by atoms with van der Waals surface area (Å²) in [7, 11) is 0. The molecule has 198 valence electrons. The highest BCUT2D eigenvalue weighted by molar-refractivity contribution is 9.10. The van der Waals surface area contributed by atoms with Crippen LogP contribution in [0.25, 0.3) is 0 Å². The van der Waals surface area contributed by atoms with Gasteiger partial charge in [-0.1, -0.05) is 54.9 Å². The molecule has 0 fully saturated rings. The Kier molecular flexibility index (Phi) is 9.57. The molecule has 37 heavy (non-hydrogen) atoms. The van der Waals surface area contributed by atoms with E-state index in [0.29, 0.717) is 19.4 Å². The molecule has 1 unspecified atom stereocenters. The number of rotatable bonds is 10. The van der Waals surface area contributed by atoms with Crippen molar-refractivity contribution in [2.75, 3.05) is 6.61 Å². The van der Waals surface area contributed by atoms with Crippen molar-refractivity contribution in [1.29, 1.82) is 0 Å². The standard InChI is InChI=1S/C31H39BrN2O2S/c1-5-36-30(35)18-22(26-19-23(31(2,3)4)14-16-27(26)32)17-25-20-37-29(34-25)12-8-10-24-15-13-21-9-6-7-11-28(21)33-24/h13-16,19-20,22H,5-12,17-18H2,1-4H3. The highest BCUT2D eigenvalue weighted by Gasteiger charge is 2.24. The van der Waals surface area contributed by atoms with E-state index in [4.69, 9.17) is 14.7 Å². The minimum atomic E-state index is -0.159. The van der Waals surface area contributed by atoms with Crippen LogP contribution in [0.1, 0.15) is 98.1 Å². The van der Waals surface area contributed by atoms with Crippen LogP contribution in [0.2, 0.25) is 0 Å². The lowest BCUT2D eigenvalue weighted by Gasteiger charge is -2.23. The number of aromatic nitrogens is 2. The summed E-state index contributed by atoms with van der Waals surface area (Å²) in [5.74, 6) is -0.154. The van der Waals surface area contributed by atoms with Crippen molar-refractivity contribution in [1.82, 2.24) is 9.97 Å². The normalized spacial score (nSPS) is 14.3. The third-order valence-electron chi connectivity index (χ3n) is 7.13. The van der Waals surface area contributed by atoms with Crippen LogP contribution in [0, 0.1) is 0 Å². The van der Waals surface area contributed by atoms with Gasteiger partial charge in [-0.15, -0.1) is 11.3 Å². The van der Waals surface area contributed by atoms with Crippen molar-refractivity contribution in [3.8, 4) is 0 Å². The van der Waals surface area contributed by atoms with Crippen molar-refractivity contribution in [2.45, 2.75) is 96.8 Å². The predicted octanol–water partition coefficient (Wildman–Crippen LogP) is 7.93. The third-order valence-corrected chi connectivity index (χ3v) is 8.81. The van der Waals surface area contributed by atoms with E-state index < -0.39 is 0 Å². The number of aryl methyl sites for hydroxylation is 4. The molecule has 3 aromatic rings. The van der Waals surface area contributed by atoms with Gasteiger partial charge in [-0.05, 0) is 92.5 Å². The lowest BCUT2D eigenvalue weighted by atomic mass is 9.83. The van der Waals surface area contributed by atoms with Crippen LogP contribution in [-0.2, 0) is 47.1 Å². The average molecular weight is 584 g/mol. The second-order valence-corrected chi connectivity index (χ2v) is 12.9. The molecule has 1 atom stereocenters. The minimum Gasteiger partial charge on any atom is -0.466 e. The molecule has 1 aliphatic rings. The van der Waals surface area contributed by atoms with Crippen LogP contribution in [-0.4, -0.2) is 22.5 Å². The van der Waals surface area contributed by atoms with Gasteiger partial charge in [-0.25, -0.2) is 4.98 Å². The lowest BCUT2D eigenvalue weighted by Crippen LogP contribution is -2.16. The van der Waals surface area contributed by atoms with Gasteiger partial charge in [-0.3, -0.25) is 9.78 Å². The fraction of sp³-hybridized carbons (Fsp3) is 0.516. The number of carbonyl (C=O) groups excluding carboxylic acids is 1. The topological polar surface area (TPSA) is 52.1 Å². The number of thiazole rings is 1. The van der Waals surface area contributed by atoms with Crippen molar-refractivity contribution in [3.05, 3.63) is 79.0 Å². The first-order chi connectivity index (χ1) is 17.7. The third kappa shape index (κ3) is 7.73. The van der Waals surface area contributed by atoms with E-state index in [1.807, 2.05) is 6.92 Å². The van der Waals surface area contributed by atoms with E-state index in [-0.39, 0.29) is 17.3 Å². The molecule has 2 heterocycles. The van der Waals surface area contributed by atoms with Crippen molar-refractivity contribution in [3.63, 3.8) is 0 Å². The highest BCUT2D eigenvalue weighted by Crippen LogP contribution is 2.35.